The molecule has 8 nitrogen and oxygen atoms in total. The average molecular weight is 558 g/mol. The number of hydrogen-bond acceptors (Lipinski definition) is 8. The van der Waals surface area contributed by atoms with Crippen molar-refractivity contribution in [3.05, 3.63) is 41.5 Å². The molecule has 0 amide bonds. The number of hydrogen-bond donors (Lipinski definition) is 0. The smallest absolute Gasteiger partial charge is 0.305 e. The van der Waals surface area contributed by atoms with Gasteiger partial charge in [0, 0.05) is 36.9 Å². The van der Waals surface area contributed by atoms with Gasteiger partial charge in [0.1, 0.15) is 0 Å². The van der Waals surface area contributed by atoms with Gasteiger partial charge in [0.05, 0.1) is 41.2 Å². The van der Waals surface area contributed by atoms with Crippen LogP contribution in [0.2, 0.25) is 0 Å². The van der Waals surface area contributed by atoms with Crippen LogP contribution in [0.15, 0.2) is 30.3 Å². The van der Waals surface area contributed by atoms with Crippen LogP contribution < -0.4 is 23.8 Å². The van der Waals surface area contributed by atoms with Crippen molar-refractivity contribution >= 4 is 11.7 Å². The fourth-order valence-electron chi connectivity index (χ4n) is 5.22. The van der Waals surface area contributed by atoms with Crippen molar-refractivity contribution in [3.8, 4) is 23.0 Å². The fraction of sp³-hybridized carbons (Fsp3) is 0.594. The lowest BCUT2D eigenvalue weighted by Crippen LogP contribution is -2.49. The maximum absolute atomic E-state index is 12.7. The molecular weight excluding hydrogens is 510 g/mol. The topological polar surface area (TPSA) is 75.7 Å². The van der Waals surface area contributed by atoms with Gasteiger partial charge >= 0.3 is 5.97 Å². The number of unbranched alkanes of at least 4 members (excludes halogenated alkanes) is 2. The van der Waals surface area contributed by atoms with Crippen LogP contribution in [0, 0.1) is 0 Å². The Hall–Kier alpha value is -3.13. The Labute approximate surface area is 239 Å². The number of methoxy groups -OCH3 is 4. The summed E-state index contributed by atoms with van der Waals surface area (Å²) in [5.41, 5.74) is 3.08. The highest BCUT2D eigenvalue weighted by molar-refractivity contribution is 5.70. The zero-order valence-corrected chi connectivity index (χ0v) is 25.3. The molecule has 0 aliphatic carbocycles. The molecule has 0 aromatic heterocycles. The van der Waals surface area contributed by atoms with Crippen molar-refractivity contribution in [2.45, 2.75) is 83.9 Å². The molecule has 40 heavy (non-hydrogen) atoms. The van der Waals surface area contributed by atoms with Crippen molar-refractivity contribution < 1.29 is 33.2 Å². The van der Waals surface area contributed by atoms with Crippen molar-refractivity contribution in [2.24, 2.45) is 0 Å². The molecule has 1 heterocycles. The predicted octanol–water partition coefficient (Wildman–Crippen LogP) is 6.35. The molecule has 0 radical (unpaired) electrons. The van der Waals surface area contributed by atoms with Crippen LogP contribution in [0.5, 0.6) is 23.0 Å². The van der Waals surface area contributed by atoms with Gasteiger partial charge in [0.25, 0.3) is 0 Å². The molecule has 8 heteroatoms. The van der Waals surface area contributed by atoms with Crippen LogP contribution in [0.3, 0.4) is 0 Å². The molecule has 0 fully saturated rings. The normalized spacial score (nSPS) is 16.4. The molecular formula is C32H47NO7. The Morgan fingerprint density at radius 1 is 0.875 bits per heavy atom. The molecule has 1 atom stereocenters. The molecule has 222 valence electrons. The summed E-state index contributed by atoms with van der Waals surface area (Å²) < 4.78 is 33.4. The third-order valence-electron chi connectivity index (χ3n) is 7.62. The highest BCUT2D eigenvalue weighted by atomic mass is 16.5. The highest BCUT2D eigenvalue weighted by Crippen LogP contribution is 2.45. The first-order chi connectivity index (χ1) is 19.2. The molecule has 0 saturated carbocycles. The van der Waals surface area contributed by atoms with E-state index in [0.29, 0.717) is 43.2 Å². The van der Waals surface area contributed by atoms with Crippen LogP contribution in [-0.4, -0.2) is 59.3 Å². The van der Waals surface area contributed by atoms with E-state index in [0.717, 1.165) is 55.7 Å². The van der Waals surface area contributed by atoms with Gasteiger partial charge < -0.3 is 33.3 Å². The van der Waals surface area contributed by atoms with Gasteiger partial charge in [-0.05, 0) is 88.6 Å². The molecule has 1 aliphatic heterocycles. The lowest BCUT2D eigenvalue weighted by molar-refractivity contribution is -0.144. The number of fused-ring (bicyclic) bond motifs is 1. The van der Waals surface area contributed by atoms with E-state index in [4.69, 9.17) is 28.4 Å². The van der Waals surface area contributed by atoms with Crippen LogP contribution in [-0.2, 0) is 27.2 Å². The predicted molar refractivity (Wildman–Crippen MR) is 157 cm³/mol. The Kier molecular flexibility index (Phi) is 11.8. The number of aryl methyl sites for hydroxylation is 1. The largest absolute Gasteiger partial charge is 0.493 e. The lowest BCUT2D eigenvalue weighted by atomic mass is 9.81. The summed E-state index contributed by atoms with van der Waals surface area (Å²) in [4.78, 5) is 15.1. The van der Waals surface area contributed by atoms with E-state index >= 15 is 0 Å². The Bertz CT molecular complexity index is 1100. The number of nitrogens with zero attached hydrogens (tertiary/aromatic N) is 1. The minimum atomic E-state index is -0.271. The Balaban J connectivity index is 1.74. The third kappa shape index (κ3) is 8.19. The Morgan fingerprint density at radius 2 is 1.52 bits per heavy atom. The standard InChI is InChI=1S/C32H47NO7/c1-23(2)39-17-9-8-10-18-40-31(34)14-16-32(3)15-13-25-20-29(37-6)30(38-7)21-26(25)33(32)22-24-11-12-27(35-4)28(19-24)36-5/h11-12,19-21,23H,8-10,13-18,22H2,1-7H3/t32-/m1/s1. The van der Waals surface area contributed by atoms with E-state index in [1.54, 1.807) is 28.4 Å². The zero-order chi connectivity index (χ0) is 29.1. The summed E-state index contributed by atoms with van der Waals surface area (Å²) >= 11 is 0. The van der Waals surface area contributed by atoms with Crippen molar-refractivity contribution in [3.63, 3.8) is 0 Å². The van der Waals surface area contributed by atoms with Crippen LogP contribution >= 0.6 is 0 Å². The van der Waals surface area contributed by atoms with Gasteiger partial charge in [-0.15, -0.1) is 0 Å². The van der Waals surface area contributed by atoms with Gasteiger partial charge in [-0.25, -0.2) is 0 Å². The molecule has 0 bridgehead atoms. The molecule has 0 spiro atoms. The van der Waals surface area contributed by atoms with Gasteiger partial charge in [-0.3, -0.25) is 4.79 Å². The van der Waals surface area contributed by atoms with Crippen LogP contribution in [0.1, 0.15) is 70.4 Å². The number of anilines is 1. The minimum Gasteiger partial charge on any atom is -0.493 e. The third-order valence-corrected chi connectivity index (χ3v) is 7.62. The molecule has 0 N–H and O–H groups in total. The monoisotopic (exact) mass is 557 g/mol. The summed E-state index contributed by atoms with van der Waals surface area (Å²) in [5.74, 6) is 2.63. The first kappa shape index (κ1) is 31.4. The molecule has 0 saturated heterocycles. The molecule has 0 unspecified atom stereocenters. The molecule has 1 aliphatic rings. The average Bonchev–Trinajstić information content (AvgIpc) is 2.96. The van der Waals surface area contributed by atoms with E-state index < -0.39 is 0 Å². The number of ether oxygens (including phenoxy) is 6. The summed E-state index contributed by atoms with van der Waals surface area (Å²) in [5, 5.41) is 0. The van der Waals surface area contributed by atoms with Gasteiger partial charge in [0.15, 0.2) is 23.0 Å². The van der Waals surface area contributed by atoms with Crippen molar-refractivity contribution in [1.82, 2.24) is 0 Å². The summed E-state index contributed by atoms with van der Waals surface area (Å²) in [6, 6.07) is 10.1. The fourth-order valence-corrected chi connectivity index (χ4v) is 5.22. The lowest BCUT2D eigenvalue weighted by Gasteiger charge is -2.48. The maximum Gasteiger partial charge on any atom is 0.305 e. The quantitative estimate of drug-likeness (QED) is 0.175. The second-order valence-electron chi connectivity index (χ2n) is 10.8. The van der Waals surface area contributed by atoms with E-state index in [1.807, 2.05) is 32.0 Å². The maximum atomic E-state index is 12.7. The van der Waals surface area contributed by atoms with Crippen molar-refractivity contribution in [1.29, 1.82) is 0 Å². The second-order valence-corrected chi connectivity index (χ2v) is 10.8. The first-order valence-electron chi connectivity index (χ1n) is 14.2. The number of rotatable bonds is 16. The van der Waals surface area contributed by atoms with E-state index in [1.165, 1.54) is 5.56 Å². The number of esters is 1. The Morgan fingerprint density at radius 3 is 2.20 bits per heavy atom. The number of carbonyl (C=O) groups is 1. The molecule has 3 rings (SSSR count). The number of carbonyl (C=O) groups excluding carboxylic acids is 1. The molecule has 2 aromatic rings. The first-order valence-corrected chi connectivity index (χ1v) is 14.2. The van der Waals surface area contributed by atoms with Crippen LogP contribution in [0.4, 0.5) is 5.69 Å². The summed E-state index contributed by atoms with van der Waals surface area (Å²) in [6.45, 7) is 8.14. The number of benzene rings is 2. The summed E-state index contributed by atoms with van der Waals surface area (Å²) in [7, 11) is 6.58. The van der Waals surface area contributed by atoms with E-state index in [9.17, 15) is 4.79 Å². The minimum absolute atomic E-state index is 0.149. The van der Waals surface area contributed by atoms with Gasteiger partial charge in [-0.1, -0.05) is 6.07 Å². The highest BCUT2D eigenvalue weighted by Gasteiger charge is 2.38. The van der Waals surface area contributed by atoms with Crippen molar-refractivity contribution in [2.75, 3.05) is 46.6 Å². The van der Waals surface area contributed by atoms with E-state index in [-0.39, 0.29) is 17.6 Å². The van der Waals surface area contributed by atoms with Gasteiger partial charge in [0.2, 0.25) is 0 Å². The van der Waals surface area contributed by atoms with Gasteiger partial charge in [-0.2, -0.15) is 0 Å². The summed E-state index contributed by atoms with van der Waals surface area (Å²) in [6.07, 6.45) is 5.87. The molecule has 2 aromatic carbocycles. The second kappa shape index (κ2) is 15.0. The zero-order valence-electron chi connectivity index (χ0n) is 25.3. The van der Waals surface area contributed by atoms with Crippen LogP contribution in [0.25, 0.3) is 0 Å². The van der Waals surface area contributed by atoms with E-state index in [2.05, 4.69) is 24.0 Å². The SMILES string of the molecule is COc1ccc(CN2c3cc(OC)c(OC)cc3CC[C@]2(C)CCC(=O)OCCCCCOC(C)C)cc1OC.